The lowest BCUT2D eigenvalue weighted by molar-refractivity contribution is -0.119. The van der Waals surface area contributed by atoms with E-state index in [2.05, 4.69) is 5.10 Å². The molecule has 1 heterocycles. The number of halogens is 1. The lowest BCUT2D eigenvalue weighted by Gasteiger charge is -2.23. The molecule has 1 atom stereocenters. The Kier molecular flexibility index (Phi) is 4.44. The minimum atomic E-state index is -0.495. The Balaban J connectivity index is 1.71. The van der Waals surface area contributed by atoms with E-state index in [0.717, 1.165) is 11.3 Å². The smallest absolute Gasteiger partial charge is 0.151 e. The third-order valence-corrected chi connectivity index (χ3v) is 3.87. The number of carbonyl (C=O) groups excluding carboxylic acids is 1. The van der Waals surface area contributed by atoms with Crippen molar-refractivity contribution in [3.05, 3.63) is 77.5 Å². The van der Waals surface area contributed by atoms with Gasteiger partial charge in [-0.05, 0) is 35.9 Å². The number of anilines is 1. The van der Waals surface area contributed by atoms with Gasteiger partial charge in [-0.2, -0.15) is 5.10 Å². The van der Waals surface area contributed by atoms with E-state index in [1.807, 2.05) is 42.5 Å². The average Bonchev–Trinajstić information content (AvgIpc) is 2.57. The molecule has 2 aromatic carbocycles. The van der Waals surface area contributed by atoms with Crippen LogP contribution in [0.1, 0.15) is 5.56 Å². The number of para-hydroxylation sites is 1. The number of ketones is 1. The van der Waals surface area contributed by atoms with Crippen molar-refractivity contribution in [2.45, 2.75) is 6.42 Å². The van der Waals surface area contributed by atoms with Crippen LogP contribution in [-0.2, 0) is 11.2 Å². The summed E-state index contributed by atoms with van der Waals surface area (Å²) in [5, 5.41) is 6.63. The molecule has 0 spiro atoms. The highest BCUT2D eigenvalue weighted by molar-refractivity contribution is 6.30. The highest BCUT2D eigenvalue weighted by Crippen LogP contribution is 2.20. The minimum absolute atomic E-state index is 0.0116. The second-order valence-corrected chi connectivity index (χ2v) is 5.73. The summed E-state index contributed by atoms with van der Waals surface area (Å²) in [6, 6.07) is 16.9. The van der Waals surface area contributed by atoms with E-state index in [-0.39, 0.29) is 5.78 Å². The van der Waals surface area contributed by atoms with Crippen LogP contribution >= 0.6 is 11.6 Å². The fraction of sp³-hybridized carbons (Fsp3) is 0.111. The molecule has 4 nitrogen and oxygen atoms in total. The second-order valence-electron chi connectivity index (χ2n) is 5.29. The van der Waals surface area contributed by atoms with Gasteiger partial charge in [-0.15, -0.1) is 0 Å². The molecule has 3 rings (SSSR count). The van der Waals surface area contributed by atoms with E-state index >= 15 is 0 Å². The maximum Gasteiger partial charge on any atom is 0.151 e. The van der Waals surface area contributed by atoms with Crippen LogP contribution in [0.3, 0.4) is 0 Å². The molecule has 0 saturated heterocycles. The summed E-state index contributed by atoms with van der Waals surface area (Å²) in [5.74, 6) is -0.182. The van der Waals surface area contributed by atoms with Crippen molar-refractivity contribution in [2.75, 3.05) is 5.01 Å². The van der Waals surface area contributed by atoms with Crippen LogP contribution in [-0.4, -0.2) is 11.6 Å². The quantitative estimate of drug-likeness (QED) is 0.937. The Morgan fingerprint density at radius 2 is 1.83 bits per heavy atom. The van der Waals surface area contributed by atoms with Gasteiger partial charge in [0.05, 0.1) is 11.6 Å². The summed E-state index contributed by atoms with van der Waals surface area (Å²) in [6.07, 6.45) is 3.86. The summed E-state index contributed by atoms with van der Waals surface area (Å²) in [7, 11) is 0. The van der Waals surface area contributed by atoms with E-state index < -0.39 is 5.92 Å². The molecular weight excluding hydrogens is 310 g/mol. The normalized spacial score (nSPS) is 17.0. The highest BCUT2D eigenvalue weighted by atomic mass is 35.5. The summed E-state index contributed by atoms with van der Waals surface area (Å²) in [4.78, 5) is 12.4. The highest BCUT2D eigenvalue weighted by Gasteiger charge is 2.24. The molecule has 0 saturated carbocycles. The SMILES string of the molecule is NC1=NN(c2ccccc2)C=CC1C(=O)Cc1ccc(Cl)cc1. The number of hydrogen-bond acceptors (Lipinski definition) is 4. The van der Waals surface area contributed by atoms with Gasteiger partial charge in [0.15, 0.2) is 5.78 Å². The van der Waals surface area contributed by atoms with Crippen molar-refractivity contribution in [3.63, 3.8) is 0 Å². The van der Waals surface area contributed by atoms with Crippen LogP contribution in [0, 0.1) is 5.92 Å². The third-order valence-electron chi connectivity index (χ3n) is 3.62. The number of rotatable bonds is 4. The van der Waals surface area contributed by atoms with E-state index in [4.69, 9.17) is 17.3 Å². The predicted molar refractivity (Wildman–Crippen MR) is 93.3 cm³/mol. The summed E-state index contributed by atoms with van der Waals surface area (Å²) >= 11 is 5.85. The molecule has 116 valence electrons. The van der Waals surface area contributed by atoms with Crippen molar-refractivity contribution in [1.29, 1.82) is 0 Å². The standard InChI is InChI=1S/C18H16ClN3O/c19-14-8-6-13(7-9-14)12-17(23)16-10-11-22(21-18(16)20)15-4-2-1-3-5-15/h1-11,16H,12H2,(H2,20,21). The van der Waals surface area contributed by atoms with Crippen LogP contribution in [0.25, 0.3) is 0 Å². The minimum Gasteiger partial charge on any atom is -0.385 e. The summed E-state index contributed by atoms with van der Waals surface area (Å²) in [5.41, 5.74) is 7.81. The van der Waals surface area contributed by atoms with Crippen LogP contribution in [0.4, 0.5) is 5.69 Å². The van der Waals surface area contributed by atoms with Gasteiger partial charge >= 0.3 is 0 Å². The van der Waals surface area contributed by atoms with Crippen molar-refractivity contribution in [1.82, 2.24) is 0 Å². The first kappa shape index (κ1) is 15.3. The Hall–Kier alpha value is -2.59. The Labute approximate surface area is 139 Å². The molecular formula is C18H16ClN3O. The van der Waals surface area contributed by atoms with Crippen molar-refractivity contribution in [2.24, 2.45) is 16.8 Å². The van der Waals surface area contributed by atoms with Crippen LogP contribution < -0.4 is 10.7 Å². The Morgan fingerprint density at radius 1 is 1.13 bits per heavy atom. The number of amidine groups is 1. The molecule has 0 aliphatic carbocycles. The first-order chi connectivity index (χ1) is 11.1. The van der Waals surface area contributed by atoms with Gasteiger partial charge in [-0.1, -0.05) is 41.9 Å². The van der Waals surface area contributed by atoms with Gasteiger partial charge in [-0.3, -0.25) is 4.79 Å². The average molecular weight is 326 g/mol. The van der Waals surface area contributed by atoms with Crippen LogP contribution in [0.5, 0.6) is 0 Å². The topological polar surface area (TPSA) is 58.7 Å². The Morgan fingerprint density at radius 3 is 2.48 bits per heavy atom. The lowest BCUT2D eigenvalue weighted by atomic mass is 9.96. The third kappa shape index (κ3) is 3.60. The molecule has 1 aliphatic rings. The number of nitrogens with two attached hydrogens (primary N) is 1. The Bertz CT molecular complexity index is 754. The summed E-state index contributed by atoms with van der Waals surface area (Å²) in [6.45, 7) is 0. The molecule has 0 fully saturated rings. The van der Waals surface area contributed by atoms with Crippen LogP contribution in [0.2, 0.25) is 5.02 Å². The maximum atomic E-state index is 12.4. The molecule has 0 aromatic heterocycles. The van der Waals surface area contributed by atoms with Gasteiger partial charge in [0, 0.05) is 17.6 Å². The molecule has 1 unspecified atom stereocenters. The number of Topliss-reactive ketones (excluding diaryl/α,β-unsaturated/α-hetero) is 1. The first-order valence-electron chi connectivity index (χ1n) is 7.27. The maximum absolute atomic E-state index is 12.4. The number of carbonyl (C=O) groups is 1. The molecule has 1 aliphatic heterocycles. The fourth-order valence-electron chi connectivity index (χ4n) is 2.40. The van der Waals surface area contributed by atoms with Gasteiger partial charge in [0.1, 0.15) is 5.84 Å². The van der Waals surface area contributed by atoms with Crippen molar-refractivity contribution in [3.8, 4) is 0 Å². The van der Waals surface area contributed by atoms with E-state index in [9.17, 15) is 4.79 Å². The zero-order valence-electron chi connectivity index (χ0n) is 12.4. The zero-order chi connectivity index (χ0) is 16.2. The lowest BCUT2D eigenvalue weighted by Crippen LogP contribution is -2.35. The summed E-state index contributed by atoms with van der Waals surface area (Å²) < 4.78 is 0. The number of hydrogen-bond donors (Lipinski definition) is 1. The first-order valence-corrected chi connectivity index (χ1v) is 7.65. The van der Waals surface area contributed by atoms with Gasteiger partial charge in [0.25, 0.3) is 0 Å². The van der Waals surface area contributed by atoms with E-state index in [0.29, 0.717) is 17.3 Å². The van der Waals surface area contributed by atoms with Gasteiger partial charge in [0.2, 0.25) is 0 Å². The molecule has 23 heavy (non-hydrogen) atoms. The van der Waals surface area contributed by atoms with E-state index in [1.54, 1.807) is 29.4 Å². The fourth-order valence-corrected chi connectivity index (χ4v) is 2.52. The monoisotopic (exact) mass is 325 g/mol. The van der Waals surface area contributed by atoms with Crippen molar-refractivity contribution >= 4 is 28.9 Å². The molecule has 2 N–H and O–H groups in total. The van der Waals surface area contributed by atoms with E-state index in [1.165, 1.54) is 0 Å². The molecule has 0 bridgehead atoms. The second kappa shape index (κ2) is 6.67. The molecule has 2 aromatic rings. The molecule has 0 radical (unpaired) electrons. The number of nitrogens with zero attached hydrogens (tertiary/aromatic N) is 2. The number of hydrazone groups is 1. The molecule has 0 amide bonds. The predicted octanol–water partition coefficient (Wildman–Crippen LogP) is 3.37. The van der Waals surface area contributed by atoms with Crippen molar-refractivity contribution < 1.29 is 4.79 Å². The van der Waals surface area contributed by atoms with Gasteiger partial charge in [-0.25, -0.2) is 5.01 Å². The number of benzene rings is 2. The van der Waals surface area contributed by atoms with Gasteiger partial charge < -0.3 is 5.73 Å². The zero-order valence-corrected chi connectivity index (χ0v) is 13.1. The molecule has 5 heteroatoms. The largest absolute Gasteiger partial charge is 0.385 e. The van der Waals surface area contributed by atoms with Crippen LogP contribution in [0.15, 0.2) is 72.0 Å².